The molecule has 0 saturated carbocycles. The molecule has 2 atom stereocenters. The Morgan fingerprint density at radius 3 is 2.48 bits per heavy atom. The number of aryl methyl sites for hydroxylation is 1. The Hall–Kier alpha value is -2.54. The van der Waals surface area contributed by atoms with E-state index in [2.05, 4.69) is 41.4 Å². The van der Waals surface area contributed by atoms with Crippen LogP contribution in [0.4, 0.5) is 11.4 Å². The monoisotopic (exact) mass is 443 g/mol. The predicted molar refractivity (Wildman–Crippen MR) is 127 cm³/mol. The summed E-state index contributed by atoms with van der Waals surface area (Å²) in [5.41, 5.74) is 3.98. The molecule has 1 amide bonds. The maximum Gasteiger partial charge on any atom is 0.251 e. The topological polar surface area (TPSA) is 69.7 Å². The molecule has 1 aliphatic heterocycles. The first-order valence-electron chi connectivity index (χ1n) is 10.8. The number of hydrogen-bond donors (Lipinski definition) is 1. The van der Waals surface area contributed by atoms with Crippen LogP contribution in [0.1, 0.15) is 54.2 Å². The average molecular weight is 444 g/mol. The van der Waals surface area contributed by atoms with Gasteiger partial charge < -0.3 is 10.2 Å². The van der Waals surface area contributed by atoms with E-state index in [1.165, 1.54) is 29.9 Å². The van der Waals surface area contributed by atoms with Crippen LogP contribution in [0.2, 0.25) is 0 Å². The minimum atomic E-state index is -3.41. The lowest BCUT2D eigenvalue weighted by Crippen LogP contribution is -2.34. The molecule has 2 aromatic rings. The summed E-state index contributed by atoms with van der Waals surface area (Å²) in [6.07, 6.45) is 3.66. The van der Waals surface area contributed by atoms with Gasteiger partial charge >= 0.3 is 0 Å². The van der Waals surface area contributed by atoms with Gasteiger partial charge in [0.05, 0.1) is 18.0 Å². The minimum absolute atomic E-state index is 0.167. The van der Waals surface area contributed by atoms with Crippen molar-refractivity contribution in [2.45, 2.75) is 39.7 Å². The normalized spacial score (nSPS) is 17.8. The molecule has 0 unspecified atom stereocenters. The van der Waals surface area contributed by atoms with E-state index in [9.17, 15) is 13.2 Å². The molecule has 0 spiro atoms. The van der Waals surface area contributed by atoms with Crippen LogP contribution in [0.25, 0.3) is 0 Å². The highest BCUT2D eigenvalue weighted by atomic mass is 32.2. The van der Waals surface area contributed by atoms with Gasteiger partial charge in [-0.3, -0.25) is 9.10 Å². The van der Waals surface area contributed by atoms with E-state index < -0.39 is 10.0 Å². The number of carbonyl (C=O) groups excluding carboxylic acids is 1. The third-order valence-electron chi connectivity index (χ3n) is 6.07. The lowest BCUT2D eigenvalue weighted by molar-refractivity contribution is 0.0940. The molecule has 0 aliphatic carbocycles. The van der Waals surface area contributed by atoms with Crippen molar-refractivity contribution in [3.63, 3.8) is 0 Å². The molecule has 0 bridgehead atoms. The van der Waals surface area contributed by atoms with E-state index in [1.54, 1.807) is 18.2 Å². The fourth-order valence-electron chi connectivity index (χ4n) is 4.03. The molecule has 1 fully saturated rings. The molecule has 0 radical (unpaired) electrons. The van der Waals surface area contributed by atoms with Gasteiger partial charge in [-0.25, -0.2) is 8.42 Å². The van der Waals surface area contributed by atoms with Crippen molar-refractivity contribution in [2.24, 2.45) is 5.92 Å². The lowest BCUT2D eigenvalue weighted by Gasteiger charge is -2.33. The predicted octanol–water partition coefficient (Wildman–Crippen LogP) is 4.12. The quantitative estimate of drug-likeness (QED) is 0.729. The van der Waals surface area contributed by atoms with Gasteiger partial charge in [0.15, 0.2) is 0 Å². The van der Waals surface area contributed by atoms with Crippen molar-refractivity contribution < 1.29 is 13.2 Å². The van der Waals surface area contributed by atoms with Gasteiger partial charge in [0.25, 0.3) is 5.91 Å². The second kappa shape index (κ2) is 9.30. The van der Waals surface area contributed by atoms with Crippen LogP contribution in [-0.2, 0) is 10.0 Å². The zero-order valence-corrected chi connectivity index (χ0v) is 19.9. The Morgan fingerprint density at radius 1 is 1.19 bits per heavy atom. The summed E-state index contributed by atoms with van der Waals surface area (Å²) in [6.45, 7) is 8.25. The van der Waals surface area contributed by atoms with Crippen molar-refractivity contribution in [2.75, 3.05) is 35.6 Å². The summed E-state index contributed by atoms with van der Waals surface area (Å²) in [7, 11) is -1.91. The summed E-state index contributed by atoms with van der Waals surface area (Å²) >= 11 is 0. The molecule has 168 valence electrons. The molecule has 0 aromatic heterocycles. The maximum absolute atomic E-state index is 12.8. The molecule has 2 aromatic carbocycles. The zero-order chi connectivity index (χ0) is 22.8. The van der Waals surface area contributed by atoms with Crippen molar-refractivity contribution in [3.05, 3.63) is 59.2 Å². The summed E-state index contributed by atoms with van der Waals surface area (Å²) in [6, 6.07) is 13.3. The Morgan fingerprint density at radius 2 is 1.87 bits per heavy atom. The van der Waals surface area contributed by atoms with E-state index >= 15 is 0 Å². The van der Waals surface area contributed by atoms with Crippen LogP contribution >= 0.6 is 0 Å². The van der Waals surface area contributed by atoms with Gasteiger partial charge in [-0.15, -0.1) is 0 Å². The molecule has 1 heterocycles. The first-order valence-corrected chi connectivity index (χ1v) is 12.6. The molecule has 6 nitrogen and oxygen atoms in total. The number of nitrogens with one attached hydrogen (secondary N) is 1. The van der Waals surface area contributed by atoms with Gasteiger partial charge in [-0.2, -0.15) is 0 Å². The number of anilines is 2. The Balaban J connectivity index is 1.70. The number of benzene rings is 2. The van der Waals surface area contributed by atoms with Crippen LogP contribution in [0, 0.1) is 12.8 Å². The summed E-state index contributed by atoms with van der Waals surface area (Å²) < 4.78 is 25.0. The number of rotatable bonds is 6. The van der Waals surface area contributed by atoms with Crippen molar-refractivity contribution in [1.29, 1.82) is 0 Å². The third-order valence-corrected chi connectivity index (χ3v) is 7.26. The molecular formula is C24H33N3O3S. The van der Waals surface area contributed by atoms with Gasteiger partial charge in [-0.1, -0.05) is 25.1 Å². The minimum Gasteiger partial charge on any atom is -0.371 e. The second-order valence-corrected chi connectivity index (χ2v) is 10.7. The standard InChI is InChI=1S/C24H33N3O3S/c1-17-7-6-14-27(16-17)22-12-10-20(11-13-22)19(3)25-24(28)21-9-8-18(2)23(15-21)26(4)31(5,29)30/h8-13,15,17,19H,6-7,14,16H2,1-5H3,(H,25,28)/t17-,19-/m1/s1. The number of carbonyl (C=O) groups is 1. The highest BCUT2D eigenvalue weighted by molar-refractivity contribution is 7.92. The molecule has 31 heavy (non-hydrogen) atoms. The SMILES string of the molecule is Cc1ccc(C(=O)N[C@H](C)c2ccc(N3CCC[C@@H](C)C3)cc2)cc1N(C)S(C)(=O)=O. The molecule has 7 heteroatoms. The smallest absolute Gasteiger partial charge is 0.251 e. The van der Waals surface area contributed by atoms with E-state index in [0.717, 1.165) is 30.5 Å². The van der Waals surface area contributed by atoms with Crippen LogP contribution in [0.5, 0.6) is 0 Å². The highest BCUT2D eigenvalue weighted by Gasteiger charge is 2.19. The maximum atomic E-state index is 12.8. The Bertz CT molecular complexity index is 1030. The van der Waals surface area contributed by atoms with Crippen LogP contribution in [0.15, 0.2) is 42.5 Å². The van der Waals surface area contributed by atoms with E-state index in [0.29, 0.717) is 17.2 Å². The average Bonchev–Trinajstić information content (AvgIpc) is 2.73. The number of sulfonamides is 1. The lowest BCUT2D eigenvalue weighted by atomic mass is 9.99. The fraction of sp³-hybridized carbons (Fsp3) is 0.458. The summed E-state index contributed by atoms with van der Waals surface area (Å²) in [5.74, 6) is 0.484. The number of hydrogen-bond acceptors (Lipinski definition) is 4. The molecule has 3 rings (SSSR count). The van der Waals surface area contributed by atoms with Gasteiger partial charge in [0, 0.05) is 31.4 Å². The van der Waals surface area contributed by atoms with Gasteiger partial charge in [0.1, 0.15) is 0 Å². The summed E-state index contributed by atoms with van der Waals surface area (Å²) in [5, 5.41) is 3.02. The highest BCUT2D eigenvalue weighted by Crippen LogP contribution is 2.26. The number of piperidine rings is 1. The molecule has 1 saturated heterocycles. The Labute approximate surface area is 186 Å². The van der Waals surface area contributed by atoms with E-state index in [-0.39, 0.29) is 11.9 Å². The first kappa shape index (κ1) is 23.1. The zero-order valence-electron chi connectivity index (χ0n) is 19.1. The fourth-order valence-corrected chi connectivity index (χ4v) is 4.58. The second-order valence-electron chi connectivity index (χ2n) is 8.71. The number of nitrogens with zero attached hydrogens (tertiary/aromatic N) is 2. The van der Waals surface area contributed by atoms with E-state index in [1.807, 2.05) is 13.8 Å². The molecular weight excluding hydrogens is 410 g/mol. The van der Waals surface area contributed by atoms with Crippen molar-refractivity contribution >= 4 is 27.3 Å². The van der Waals surface area contributed by atoms with Gasteiger partial charge in [-0.05, 0) is 68.0 Å². The Kier molecular flexibility index (Phi) is 6.94. The van der Waals surface area contributed by atoms with Crippen LogP contribution < -0.4 is 14.5 Å². The van der Waals surface area contributed by atoms with Crippen molar-refractivity contribution in [1.82, 2.24) is 5.32 Å². The first-order chi connectivity index (χ1) is 14.6. The molecule has 1 N–H and O–H groups in total. The van der Waals surface area contributed by atoms with Crippen LogP contribution in [-0.4, -0.2) is 40.7 Å². The summed E-state index contributed by atoms with van der Waals surface area (Å²) in [4.78, 5) is 15.3. The number of amides is 1. The van der Waals surface area contributed by atoms with Gasteiger partial charge in [0.2, 0.25) is 10.0 Å². The molecule has 1 aliphatic rings. The third kappa shape index (κ3) is 5.58. The largest absolute Gasteiger partial charge is 0.371 e. The van der Waals surface area contributed by atoms with E-state index in [4.69, 9.17) is 0 Å². The van der Waals surface area contributed by atoms with Crippen molar-refractivity contribution in [3.8, 4) is 0 Å². The van der Waals surface area contributed by atoms with Crippen LogP contribution in [0.3, 0.4) is 0 Å².